The van der Waals surface area contributed by atoms with E-state index >= 15 is 0 Å². The number of aromatic nitrogens is 1. The summed E-state index contributed by atoms with van der Waals surface area (Å²) in [6, 6.07) is 76.7. The maximum absolute atomic E-state index is 6.92. The van der Waals surface area contributed by atoms with Gasteiger partial charge in [0.15, 0.2) is 0 Å². The first-order valence-corrected chi connectivity index (χ1v) is 22.1. The molecule has 3 nitrogen and oxygen atoms in total. The predicted molar refractivity (Wildman–Crippen MR) is 269 cm³/mol. The van der Waals surface area contributed by atoms with Gasteiger partial charge in [0.25, 0.3) is 0 Å². The van der Waals surface area contributed by atoms with Gasteiger partial charge in [0.1, 0.15) is 11.2 Å². The molecule has 304 valence electrons. The van der Waals surface area contributed by atoms with E-state index in [1.165, 1.54) is 44.1 Å². The third-order valence-corrected chi connectivity index (χ3v) is 13.2. The van der Waals surface area contributed by atoms with Crippen LogP contribution in [0.15, 0.2) is 241 Å². The molecule has 12 rings (SSSR count). The standard InChI is InChI=1S/C61H44N2O/c1-61(39-13-4-14-40-61)47-29-37-51(38-30-47)63-56-21-11-9-19-52(56)55-41-54(60-58(59(55)63)53-20-10-12-22-57(53)64-60)46-27-35-50(36-28-46)62(48-31-23-44(24-32-48)42-15-5-2-6-16-42)49-33-25-45(26-34-49)43-17-7-3-8-18-43/h2-39,41H,40H2,1H3. The van der Waals surface area contributed by atoms with Gasteiger partial charge in [-0.2, -0.15) is 0 Å². The molecule has 0 saturated heterocycles. The Kier molecular flexibility index (Phi) is 9.01. The largest absolute Gasteiger partial charge is 0.455 e. The van der Waals surface area contributed by atoms with E-state index in [-0.39, 0.29) is 5.41 Å². The minimum Gasteiger partial charge on any atom is -0.455 e. The molecule has 1 aliphatic carbocycles. The van der Waals surface area contributed by atoms with Crippen LogP contribution in [0, 0.1) is 0 Å². The molecule has 1 aliphatic rings. The Bertz CT molecular complexity index is 3460. The number of hydrogen-bond donors (Lipinski definition) is 0. The summed E-state index contributed by atoms with van der Waals surface area (Å²) in [7, 11) is 0. The van der Waals surface area contributed by atoms with E-state index in [0.29, 0.717) is 0 Å². The summed E-state index contributed by atoms with van der Waals surface area (Å²) in [6.45, 7) is 2.32. The first kappa shape index (κ1) is 37.6. The summed E-state index contributed by atoms with van der Waals surface area (Å²) < 4.78 is 9.36. The smallest absolute Gasteiger partial charge is 0.145 e. The van der Waals surface area contributed by atoms with Crippen molar-refractivity contribution in [3.05, 3.63) is 242 Å². The van der Waals surface area contributed by atoms with Crippen molar-refractivity contribution in [3.8, 4) is 39.1 Å². The second-order valence-electron chi connectivity index (χ2n) is 17.1. The Morgan fingerprint density at radius 1 is 0.484 bits per heavy atom. The molecule has 0 bridgehead atoms. The zero-order chi connectivity index (χ0) is 42.6. The number of furan rings is 1. The molecule has 64 heavy (non-hydrogen) atoms. The van der Waals surface area contributed by atoms with Crippen LogP contribution in [0.2, 0.25) is 0 Å². The Balaban J connectivity index is 1.00. The molecular formula is C61H44N2O. The molecule has 1 unspecified atom stereocenters. The van der Waals surface area contributed by atoms with E-state index in [4.69, 9.17) is 4.42 Å². The number of benzene rings is 9. The molecule has 0 N–H and O–H groups in total. The SMILES string of the molecule is CC1(c2ccc(-n3c4ccccc4c4cc(-c5ccc(N(c6ccc(-c7ccccc7)cc6)c6ccc(-c7ccccc7)cc6)cc5)c5oc6ccccc6c5c43)cc2)C=CC=CC1. The molecular weight excluding hydrogens is 777 g/mol. The summed E-state index contributed by atoms with van der Waals surface area (Å²) >= 11 is 0. The topological polar surface area (TPSA) is 21.3 Å². The molecule has 2 heterocycles. The molecule has 0 fully saturated rings. The highest BCUT2D eigenvalue weighted by Gasteiger charge is 2.26. The number of para-hydroxylation sites is 2. The van der Waals surface area contributed by atoms with Crippen LogP contribution >= 0.6 is 0 Å². The van der Waals surface area contributed by atoms with Crippen molar-refractivity contribution in [2.45, 2.75) is 18.8 Å². The van der Waals surface area contributed by atoms with Crippen LogP contribution in [-0.2, 0) is 5.41 Å². The predicted octanol–water partition coefficient (Wildman–Crippen LogP) is 16.9. The Hall–Kier alpha value is -8.14. The van der Waals surface area contributed by atoms with Crippen molar-refractivity contribution in [1.29, 1.82) is 0 Å². The van der Waals surface area contributed by atoms with Gasteiger partial charge < -0.3 is 13.9 Å². The van der Waals surface area contributed by atoms with E-state index in [9.17, 15) is 0 Å². The second kappa shape index (κ2) is 15.3. The lowest BCUT2D eigenvalue weighted by atomic mass is 9.77. The average Bonchev–Trinajstić information content (AvgIpc) is 3.92. The highest BCUT2D eigenvalue weighted by atomic mass is 16.3. The molecule has 0 amide bonds. The van der Waals surface area contributed by atoms with Crippen LogP contribution in [0.5, 0.6) is 0 Å². The second-order valence-corrected chi connectivity index (χ2v) is 17.1. The van der Waals surface area contributed by atoms with Crippen molar-refractivity contribution in [1.82, 2.24) is 4.57 Å². The van der Waals surface area contributed by atoms with Crippen molar-refractivity contribution in [2.75, 3.05) is 4.90 Å². The van der Waals surface area contributed by atoms with Crippen molar-refractivity contribution in [2.24, 2.45) is 0 Å². The van der Waals surface area contributed by atoms with E-state index in [2.05, 4.69) is 253 Å². The van der Waals surface area contributed by atoms with Gasteiger partial charge in [-0.1, -0.05) is 177 Å². The van der Waals surface area contributed by atoms with Crippen LogP contribution < -0.4 is 4.90 Å². The molecule has 3 heteroatoms. The number of nitrogens with zero attached hydrogens (tertiary/aromatic N) is 2. The fraction of sp³-hybridized carbons (Fsp3) is 0.0492. The lowest BCUT2D eigenvalue weighted by Gasteiger charge is -2.27. The minimum absolute atomic E-state index is 0.0242. The van der Waals surface area contributed by atoms with E-state index in [1.807, 2.05) is 0 Å². The summed E-state index contributed by atoms with van der Waals surface area (Å²) in [4.78, 5) is 2.34. The van der Waals surface area contributed by atoms with Crippen LogP contribution in [0.3, 0.4) is 0 Å². The third kappa shape index (κ3) is 6.36. The highest BCUT2D eigenvalue weighted by Crippen LogP contribution is 2.46. The molecule has 2 aromatic heterocycles. The Morgan fingerprint density at radius 3 is 1.61 bits per heavy atom. The van der Waals surface area contributed by atoms with Gasteiger partial charge in [-0.25, -0.2) is 0 Å². The lowest BCUT2D eigenvalue weighted by molar-refractivity contribution is 0.600. The van der Waals surface area contributed by atoms with Crippen LogP contribution in [-0.4, -0.2) is 4.57 Å². The molecule has 0 radical (unpaired) electrons. The molecule has 11 aromatic rings. The van der Waals surface area contributed by atoms with Crippen LogP contribution in [0.1, 0.15) is 18.9 Å². The number of fused-ring (bicyclic) bond motifs is 7. The van der Waals surface area contributed by atoms with Gasteiger partial charge in [0.2, 0.25) is 0 Å². The van der Waals surface area contributed by atoms with Crippen LogP contribution in [0.25, 0.3) is 82.8 Å². The Labute approximate surface area is 373 Å². The third-order valence-electron chi connectivity index (χ3n) is 13.2. The molecule has 0 aliphatic heterocycles. The maximum Gasteiger partial charge on any atom is 0.145 e. The van der Waals surface area contributed by atoms with E-state index < -0.39 is 0 Å². The number of hydrogen-bond acceptors (Lipinski definition) is 2. The van der Waals surface area contributed by atoms with Gasteiger partial charge in [-0.3, -0.25) is 0 Å². The Morgan fingerprint density at radius 2 is 1.02 bits per heavy atom. The monoisotopic (exact) mass is 820 g/mol. The van der Waals surface area contributed by atoms with Gasteiger partial charge in [0, 0.05) is 49.9 Å². The number of anilines is 3. The highest BCUT2D eigenvalue weighted by molar-refractivity contribution is 6.27. The zero-order valence-electron chi connectivity index (χ0n) is 35.5. The van der Waals surface area contributed by atoms with Crippen molar-refractivity contribution in [3.63, 3.8) is 0 Å². The molecule has 1 atom stereocenters. The summed E-state index contributed by atoms with van der Waals surface area (Å²) in [5, 5.41) is 4.64. The van der Waals surface area contributed by atoms with Gasteiger partial charge in [-0.05, 0) is 107 Å². The fourth-order valence-electron chi connectivity index (χ4n) is 9.86. The van der Waals surface area contributed by atoms with E-state index in [1.54, 1.807) is 0 Å². The van der Waals surface area contributed by atoms with Crippen molar-refractivity contribution >= 4 is 60.8 Å². The maximum atomic E-state index is 6.92. The minimum atomic E-state index is -0.0242. The molecule has 9 aromatic carbocycles. The van der Waals surface area contributed by atoms with Crippen molar-refractivity contribution < 1.29 is 4.42 Å². The first-order valence-electron chi connectivity index (χ1n) is 22.1. The number of allylic oxidation sites excluding steroid dienone is 4. The molecule has 0 spiro atoms. The molecule has 0 saturated carbocycles. The van der Waals surface area contributed by atoms with E-state index in [0.717, 1.165) is 67.8 Å². The van der Waals surface area contributed by atoms with Crippen LogP contribution in [0.4, 0.5) is 17.1 Å². The average molecular weight is 821 g/mol. The number of rotatable bonds is 8. The fourth-order valence-corrected chi connectivity index (χ4v) is 9.86. The van der Waals surface area contributed by atoms with Gasteiger partial charge >= 0.3 is 0 Å². The lowest BCUT2D eigenvalue weighted by Crippen LogP contribution is -2.19. The summed E-state index contributed by atoms with van der Waals surface area (Å²) in [5.41, 5.74) is 16.7. The summed E-state index contributed by atoms with van der Waals surface area (Å²) in [6.07, 6.45) is 9.89. The normalized spacial score (nSPS) is 14.8. The summed E-state index contributed by atoms with van der Waals surface area (Å²) in [5.74, 6) is 0. The van der Waals surface area contributed by atoms with Gasteiger partial charge in [-0.15, -0.1) is 0 Å². The zero-order valence-corrected chi connectivity index (χ0v) is 35.5. The quantitative estimate of drug-likeness (QED) is 0.152. The van der Waals surface area contributed by atoms with Gasteiger partial charge in [0.05, 0.1) is 16.4 Å². The first-order chi connectivity index (χ1) is 31.6.